The van der Waals surface area contributed by atoms with Crippen LogP contribution in [0.15, 0.2) is 110 Å². The fourth-order valence-corrected chi connectivity index (χ4v) is 12.1. The number of hydrogen-bond acceptors (Lipinski definition) is 12. The van der Waals surface area contributed by atoms with Crippen molar-refractivity contribution in [2.75, 3.05) is 0 Å². The first kappa shape index (κ1) is 48.6. The second-order valence-electron chi connectivity index (χ2n) is 16.7. The van der Waals surface area contributed by atoms with Crippen molar-refractivity contribution < 1.29 is 0 Å². The Kier molecular flexibility index (Phi) is 16.2. The van der Waals surface area contributed by atoms with Crippen LogP contribution in [0.2, 0.25) is 0 Å². The van der Waals surface area contributed by atoms with Crippen LogP contribution in [-0.2, 0) is 0 Å². The molecule has 0 fully saturated rings. The van der Waals surface area contributed by atoms with Crippen molar-refractivity contribution in [3.63, 3.8) is 0 Å². The molecule has 6 aromatic heterocycles. The molecule has 0 radical (unpaired) electrons. The summed E-state index contributed by atoms with van der Waals surface area (Å²) in [5.74, 6) is 0. The first-order valence-electron chi connectivity index (χ1n) is 21.6. The van der Waals surface area contributed by atoms with E-state index in [-0.39, 0.29) is 0 Å². The van der Waals surface area contributed by atoms with Gasteiger partial charge in [-0.15, -0.1) is 0 Å². The minimum absolute atomic E-state index is 1.15. The first-order chi connectivity index (χ1) is 31.7. The van der Waals surface area contributed by atoms with E-state index in [0.717, 1.165) is 5.69 Å². The summed E-state index contributed by atoms with van der Waals surface area (Å²) in [6.07, 6.45) is 9.66. The Morgan fingerprint density at radius 1 is 0.318 bits per heavy atom. The summed E-state index contributed by atoms with van der Waals surface area (Å²) >= 11 is 9.45. The Hall–Kier alpha value is -5.34. The van der Waals surface area contributed by atoms with Gasteiger partial charge >= 0.3 is 0 Å². The van der Waals surface area contributed by atoms with Gasteiger partial charge in [0.2, 0.25) is 0 Å². The van der Waals surface area contributed by atoms with E-state index in [0.29, 0.717) is 0 Å². The molecule has 12 heteroatoms. The van der Waals surface area contributed by atoms with Gasteiger partial charge in [0.1, 0.15) is 0 Å². The zero-order valence-corrected chi connectivity index (χ0v) is 44.4. The molecular formula is C54H54N6S6. The Balaban J connectivity index is 0.000000118. The van der Waals surface area contributed by atoms with E-state index in [9.17, 15) is 0 Å². The third kappa shape index (κ3) is 11.6. The third-order valence-electron chi connectivity index (χ3n) is 11.4. The number of aryl methyl sites for hydroxylation is 12. The van der Waals surface area contributed by atoms with Gasteiger partial charge in [-0.2, -0.15) is 26.2 Å². The maximum absolute atomic E-state index is 4.30. The highest BCUT2D eigenvalue weighted by molar-refractivity contribution is 7.15. The molecule has 0 saturated heterocycles. The highest BCUT2D eigenvalue weighted by atomic mass is 32.1. The highest BCUT2D eigenvalue weighted by Gasteiger charge is 2.05. The Labute approximate surface area is 412 Å². The third-order valence-corrected chi connectivity index (χ3v) is 16.9. The van der Waals surface area contributed by atoms with Gasteiger partial charge in [0.25, 0.3) is 0 Å². The molecule has 12 rings (SSSR count). The average molecular weight is 979 g/mol. The molecule has 0 N–H and O–H groups in total. The molecule has 0 aliphatic carbocycles. The zero-order chi connectivity index (χ0) is 47.1. The summed E-state index contributed by atoms with van der Waals surface area (Å²) in [5.41, 5.74) is 15.8. The van der Waals surface area contributed by atoms with Crippen LogP contribution in [0.1, 0.15) is 66.9 Å². The Bertz CT molecular complexity index is 3380. The summed E-state index contributed by atoms with van der Waals surface area (Å²) in [5, 5.41) is 7.69. The average Bonchev–Trinajstić information content (AvgIpc) is 4.15. The molecule has 0 atom stereocenters. The largest absolute Gasteiger partial charge is 0.200 e. The molecule has 6 heterocycles. The number of rotatable bonds is 0. The molecule has 12 aromatic rings. The van der Waals surface area contributed by atoms with Crippen molar-refractivity contribution >= 4 is 130 Å². The lowest BCUT2D eigenvalue weighted by Gasteiger charge is -1.98. The molecule has 0 aliphatic heterocycles. The van der Waals surface area contributed by atoms with Crippen LogP contribution in [0.25, 0.3) is 60.5 Å². The van der Waals surface area contributed by atoms with Crippen LogP contribution < -0.4 is 0 Å². The van der Waals surface area contributed by atoms with Crippen molar-refractivity contribution in [2.24, 2.45) is 0 Å². The molecule has 0 amide bonds. The molecular weight excluding hydrogens is 925 g/mol. The van der Waals surface area contributed by atoms with Crippen molar-refractivity contribution in [3.05, 3.63) is 177 Å². The van der Waals surface area contributed by atoms with Crippen LogP contribution in [0.4, 0.5) is 0 Å². The predicted molar refractivity (Wildman–Crippen MR) is 295 cm³/mol. The number of benzene rings is 6. The lowest BCUT2D eigenvalue weighted by molar-refractivity contribution is 1.37. The normalized spacial score (nSPS) is 10.7. The molecule has 0 saturated carbocycles. The predicted octanol–water partition coefficient (Wildman–Crippen LogP) is 17.5. The van der Waals surface area contributed by atoms with E-state index in [1.807, 2.05) is 31.0 Å². The topological polar surface area (TPSA) is 77.3 Å². The van der Waals surface area contributed by atoms with Crippen molar-refractivity contribution in [3.8, 4) is 0 Å². The Morgan fingerprint density at radius 3 is 1.65 bits per heavy atom. The zero-order valence-electron chi connectivity index (χ0n) is 39.5. The van der Waals surface area contributed by atoms with Gasteiger partial charge < -0.3 is 0 Å². The molecule has 0 unspecified atom stereocenters. The second-order valence-corrected chi connectivity index (χ2v) is 21.5. The summed E-state index contributed by atoms with van der Waals surface area (Å²) in [6, 6.07) is 28.0. The maximum Gasteiger partial charge on any atom is 0.0589 e. The molecule has 0 bridgehead atoms. The standard InChI is InChI=1S/6C9H9NS/c1-6-3-8-5-10-11-9(8)4-7(6)2;1-6-3-7(2)8-5-10-11-9(8)4-6;1-6-3-7(2)9-8(4-6)5-10-11-9;1-6-3-4-8-5-10-11-9(8)7(6)2;1-6-3-4-7(2)9-8(6)5-10-11-9;1-6-4-3-5-8-7(2)10-11-9(6)8/h6*3-5H,1-2H3. The molecule has 336 valence electrons. The van der Waals surface area contributed by atoms with Gasteiger partial charge in [-0.3, -0.25) is 0 Å². The van der Waals surface area contributed by atoms with Gasteiger partial charge in [-0.25, -0.2) is 0 Å². The van der Waals surface area contributed by atoms with Gasteiger partial charge in [-0.05, 0) is 232 Å². The van der Waals surface area contributed by atoms with Gasteiger partial charge in [0.05, 0.1) is 33.9 Å². The van der Waals surface area contributed by atoms with E-state index >= 15 is 0 Å². The van der Waals surface area contributed by atoms with Crippen molar-refractivity contribution in [2.45, 2.75) is 83.1 Å². The van der Waals surface area contributed by atoms with Crippen molar-refractivity contribution in [1.29, 1.82) is 0 Å². The van der Waals surface area contributed by atoms with Crippen LogP contribution >= 0.6 is 69.2 Å². The molecule has 6 nitrogen and oxygen atoms in total. The van der Waals surface area contributed by atoms with Crippen LogP contribution in [0, 0.1) is 83.1 Å². The van der Waals surface area contributed by atoms with Crippen LogP contribution in [0.3, 0.4) is 0 Å². The SMILES string of the molecule is Cc1cc(C)c2cnsc2c1.Cc1cc(C)c2sncc2c1.Cc1cc2cnsc2cc1C.Cc1ccc(C)c2sncc12.Cc1ccc2cnsc2c1C.Cc1nsc2c(C)cccc12. The number of hydrogen-bond donors (Lipinski definition) is 0. The summed E-state index contributed by atoms with van der Waals surface area (Å²) in [7, 11) is 0. The maximum atomic E-state index is 4.30. The second kappa shape index (κ2) is 22.0. The molecule has 6 aromatic carbocycles. The van der Waals surface area contributed by atoms with Gasteiger partial charge in [-0.1, -0.05) is 60.2 Å². The van der Waals surface area contributed by atoms with Crippen molar-refractivity contribution in [1.82, 2.24) is 26.2 Å². The van der Waals surface area contributed by atoms with Crippen LogP contribution in [-0.4, -0.2) is 26.2 Å². The fourth-order valence-electron chi connectivity index (χ4n) is 7.40. The van der Waals surface area contributed by atoms with E-state index in [2.05, 4.69) is 188 Å². The summed E-state index contributed by atoms with van der Waals surface area (Å²) in [4.78, 5) is 0. The van der Waals surface area contributed by atoms with Crippen LogP contribution in [0.5, 0.6) is 0 Å². The number of fused-ring (bicyclic) bond motifs is 6. The Morgan fingerprint density at radius 2 is 0.879 bits per heavy atom. The van der Waals surface area contributed by atoms with Gasteiger partial charge in [0, 0.05) is 63.3 Å². The monoisotopic (exact) mass is 978 g/mol. The van der Waals surface area contributed by atoms with Gasteiger partial charge in [0.15, 0.2) is 0 Å². The molecule has 0 aliphatic rings. The van der Waals surface area contributed by atoms with E-state index in [4.69, 9.17) is 0 Å². The highest BCUT2D eigenvalue weighted by Crippen LogP contribution is 2.28. The lowest BCUT2D eigenvalue weighted by Crippen LogP contribution is -1.77. The lowest BCUT2D eigenvalue weighted by atomic mass is 10.1. The van der Waals surface area contributed by atoms with E-state index in [1.165, 1.54) is 122 Å². The number of aromatic nitrogens is 6. The fraction of sp³-hybridized carbons (Fsp3) is 0.222. The summed E-state index contributed by atoms with van der Waals surface area (Å²) in [6.45, 7) is 25.5. The minimum atomic E-state index is 1.15. The number of nitrogens with zero attached hydrogens (tertiary/aromatic N) is 6. The van der Waals surface area contributed by atoms with E-state index in [1.54, 1.807) is 69.2 Å². The summed E-state index contributed by atoms with van der Waals surface area (Å²) < 4.78 is 32.9. The quantitative estimate of drug-likeness (QED) is 0.151. The minimum Gasteiger partial charge on any atom is -0.200 e. The molecule has 0 spiro atoms. The molecule has 66 heavy (non-hydrogen) atoms. The first-order valence-corrected chi connectivity index (χ1v) is 26.2. The smallest absolute Gasteiger partial charge is 0.0589 e. The van der Waals surface area contributed by atoms with E-state index < -0.39 is 0 Å².